The molecule has 1 aliphatic rings. The van der Waals surface area contributed by atoms with Crippen LogP contribution in [0.5, 0.6) is 0 Å². The molecule has 0 N–H and O–H groups in total. The summed E-state index contributed by atoms with van der Waals surface area (Å²) < 4.78 is 27.9. The quantitative estimate of drug-likeness (QED) is 0.296. The van der Waals surface area contributed by atoms with E-state index in [0.29, 0.717) is 39.1 Å². The Labute approximate surface area is 122 Å². The summed E-state index contributed by atoms with van der Waals surface area (Å²) in [5.41, 5.74) is 0. The number of hydrogen-bond acceptors (Lipinski definition) is 5. The third-order valence-electron chi connectivity index (χ3n) is 2.57. The van der Waals surface area contributed by atoms with Crippen molar-refractivity contribution in [2.24, 2.45) is 0 Å². The van der Waals surface area contributed by atoms with E-state index in [1.807, 2.05) is 20.8 Å². The largest absolute Gasteiger partial charge is 0.501 e. The van der Waals surface area contributed by atoms with Gasteiger partial charge in [-0.15, -0.1) is 0 Å². The fourth-order valence-electron chi connectivity index (χ4n) is 1.77. The molecule has 7 heteroatoms. The third-order valence-corrected chi connectivity index (χ3v) is 5.72. The van der Waals surface area contributed by atoms with Crippen molar-refractivity contribution in [2.75, 3.05) is 39.6 Å². The van der Waals surface area contributed by atoms with E-state index in [1.165, 1.54) is 0 Å². The molecular weight excluding hydrogens is 280 g/mol. The monoisotopic (exact) mass is 310 g/mol. The minimum Gasteiger partial charge on any atom is -0.379 e. The summed E-state index contributed by atoms with van der Waals surface area (Å²) >= 11 is 0. The molecule has 116 valence electrons. The van der Waals surface area contributed by atoms with Gasteiger partial charge in [-0.1, -0.05) is 0 Å². The van der Waals surface area contributed by atoms with E-state index in [-0.39, 0.29) is 11.0 Å². The van der Waals surface area contributed by atoms with Crippen molar-refractivity contribution in [3.8, 4) is 0 Å². The minimum absolute atomic E-state index is 0. The molecule has 0 radical (unpaired) electrons. The summed E-state index contributed by atoms with van der Waals surface area (Å²) in [6.07, 6.45) is 1.23. The van der Waals surface area contributed by atoms with Gasteiger partial charge in [0.15, 0.2) is 0 Å². The first-order valence-corrected chi connectivity index (χ1v) is 8.80. The van der Waals surface area contributed by atoms with Gasteiger partial charge in [0.05, 0.1) is 13.2 Å². The molecule has 0 aromatic carbocycles. The highest BCUT2D eigenvalue weighted by atomic mass is 28.4. The number of epoxide rings is 1. The highest BCUT2D eigenvalue weighted by Crippen LogP contribution is 2.18. The standard InChI is InChI=1S/C12H26O5Si.H4Si/c1-4-15-18(16-5-2,17-6-3)9-7-8-13-10-12-11-14-12;/h12H,4-11H2,1-3H3;1H4. The summed E-state index contributed by atoms with van der Waals surface area (Å²) in [6.45, 7) is 10.1. The van der Waals surface area contributed by atoms with E-state index in [0.717, 1.165) is 19.1 Å². The van der Waals surface area contributed by atoms with Gasteiger partial charge in [-0.3, -0.25) is 0 Å². The van der Waals surface area contributed by atoms with Crippen LogP contribution in [0.1, 0.15) is 27.2 Å². The highest BCUT2D eigenvalue weighted by molar-refractivity contribution is 6.60. The van der Waals surface area contributed by atoms with Crippen LogP contribution in [0.15, 0.2) is 0 Å². The normalized spacial score (nSPS) is 18.2. The molecule has 0 aliphatic carbocycles. The molecule has 1 saturated heterocycles. The Bertz CT molecular complexity index is 197. The first-order valence-electron chi connectivity index (χ1n) is 6.87. The average Bonchev–Trinajstić information content (AvgIpc) is 3.14. The van der Waals surface area contributed by atoms with Crippen LogP contribution in [-0.4, -0.2) is 65.5 Å². The molecule has 1 aliphatic heterocycles. The Morgan fingerprint density at radius 2 is 1.58 bits per heavy atom. The smallest absolute Gasteiger partial charge is 0.379 e. The van der Waals surface area contributed by atoms with Gasteiger partial charge >= 0.3 is 8.80 Å². The van der Waals surface area contributed by atoms with Crippen LogP contribution in [0.3, 0.4) is 0 Å². The van der Waals surface area contributed by atoms with Crippen molar-refractivity contribution in [3.05, 3.63) is 0 Å². The van der Waals surface area contributed by atoms with Crippen molar-refractivity contribution < 1.29 is 22.8 Å². The lowest BCUT2D eigenvalue weighted by Crippen LogP contribution is -2.46. The second-order valence-corrected chi connectivity index (χ2v) is 6.85. The van der Waals surface area contributed by atoms with Gasteiger partial charge in [0.25, 0.3) is 0 Å². The topological polar surface area (TPSA) is 49.5 Å². The van der Waals surface area contributed by atoms with Crippen LogP contribution in [0.2, 0.25) is 6.04 Å². The molecule has 5 nitrogen and oxygen atoms in total. The summed E-state index contributed by atoms with van der Waals surface area (Å²) in [5.74, 6) is 0. The molecule has 1 fully saturated rings. The second-order valence-electron chi connectivity index (χ2n) is 4.12. The van der Waals surface area contributed by atoms with Gasteiger partial charge in [0.1, 0.15) is 6.10 Å². The van der Waals surface area contributed by atoms with Crippen LogP contribution in [0, 0.1) is 0 Å². The van der Waals surface area contributed by atoms with Gasteiger partial charge in [0.2, 0.25) is 0 Å². The maximum Gasteiger partial charge on any atom is 0.501 e. The third kappa shape index (κ3) is 8.18. The zero-order valence-corrected chi connectivity index (χ0v) is 12.8. The Kier molecular flexibility index (Phi) is 11.1. The molecule has 0 aromatic rings. The first kappa shape index (κ1) is 19.2. The summed E-state index contributed by atoms with van der Waals surface area (Å²) in [5, 5.41) is 0. The van der Waals surface area contributed by atoms with E-state index in [9.17, 15) is 0 Å². The Morgan fingerprint density at radius 3 is 2.00 bits per heavy atom. The number of ether oxygens (including phenoxy) is 2. The van der Waals surface area contributed by atoms with Crippen molar-refractivity contribution in [3.63, 3.8) is 0 Å². The predicted octanol–water partition coefficient (Wildman–Crippen LogP) is 0.389. The van der Waals surface area contributed by atoms with Crippen molar-refractivity contribution in [1.82, 2.24) is 0 Å². The molecule has 0 bridgehead atoms. The molecular formula is C12H30O5Si2. The Hall–Kier alpha value is 0.234. The van der Waals surface area contributed by atoms with Gasteiger partial charge < -0.3 is 22.8 Å². The first-order chi connectivity index (χ1) is 8.76. The van der Waals surface area contributed by atoms with Crippen LogP contribution in [0.25, 0.3) is 0 Å². The average molecular weight is 311 g/mol. The van der Waals surface area contributed by atoms with Crippen LogP contribution < -0.4 is 0 Å². The van der Waals surface area contributed by atoms with Gasteiger partial charge in [-0.05, 0) is 38.2 Å². The summed E-state index contributed by atoms with van der Waals surface area (Å²) in [6, 6.07) is 0.814. The van der Waals surface area contributed by atoms with E-state index in [4.69, 9.17) is 22.8 Å². The zero-order valence-electron chi connectivity index (χ0n) is 11.8. The lowest BCUT2D eigenvalue weighted by Gasteiger charge is -2.28. The Balaban J connectivity index is 0.00000324. The molecule has 1 rings (SSSR count). The number of hydrogen-bond donors (Lipinski definition) is 0. The molecule has 0 amide bonds. The SMILES string of the molecule is CCO[Si](CCCOCC1CO1)(OCC)OCC.[SiH4]. The van der Waals surface area contributed by atoms with E-state index in [1.54, 1.807) is 0 Å². The number of rotatable bonds is 12. The predicted molar refractivity (Wildman–Crippen MR) is 81.9 cm³/mol. The molecule has 1 heterocycles. The molecule has 0 saturated carbocycles. The molecule has 0 aromatic heterocycles. The lowest BCUT2D eigenvalue weighted by molar-refractivity contribution is 0.0648. The minimum atomic E-state index is -2.47. The zero-order chi connectivity index (χ0) is 13.3. The van der Waals surface area contributed by atoms with Crippen molar-refractivity contribution in [2.45, 2.75) is 39.3 Å². The van der Waals surface area contributed by atoms with E-state index < -0.39 is 8.80 Å². The Morgan fingerprint density at radius 1 is 1.05 bits per heavy atom. The van der Waals surface area contributed by atoms with Gasteiger partial charge in [-0.2, -0.15) is 0 Å². The van der Waals surface area contributed by atoms with Crippen LogP contribution >= 0.6 is 0 Å². The summed E-state index contributed by atoms with van der Waals surface area (Å²) in [7, 11) is -2.47. The van der Waals surface area contributed by atoms with Crippen LogP contribution in [-0.2, 0) is 22.8 Å². The van der Waals surface area contributed by atoms with Crippen molar-refractivity contribution >= 4 is 19.8 Å². The molecule has 0 spiro atoms. The molecule has 1 unspecified atom stereocenters. The van der Waals surface area contributed by atoms with Crippen molar-refractivity contribution in [1.29, 1.82) is 0 Å². The van der Waals surface area contributed by atoms with E-state index >= 15 is 0 Å². The fourth-order valence-corrected chi connectivity index (χ4v) is 4.35. The second kappa shape index (κ2) is 11.0. The fraction of sp³-hybridized carbons (Fsp3) is 1.00. The molecule has 1 atom stereocenters. The highest BCUT2D eigenvalue weighted by Gasteiger charge is 2.39. The van der Waals surface area contributed by atoms with Gasteiger partial charge in [0, 0.05) is 32.5 Å². The molecule has 19 heavy (non-hydrogen) atoms. The lowest BCUT2D eigenvalue weighted by atomic mass is 10.5. The maximum absolute atomic E-state index is 5.76. The maximum atomic E-state index is 5.76. The van der Waals surface area contributed by atoms with Gasteiger partial charge in [-0.25, -0.2) is 0 Å². The summed E-state index contributed by atoms with van der Waals surface area (Å²) in [4.78, 5) is 0. The van der Waals surface area contributed by atoms with E-state index in [2.05, 4.69) is 0 Å². The van der Waals surface area contributed by atoms with Crippen LogP contribution in [0.4, 0.5) is 0 Å².